The van der Waals surface area contributed by atoms with Gasteiger partial charge >= 0.3 is 0 Å². The molecule has 1 aromatic carbocycles. The molecule has 1 unspecified atom stereocenters. The summed E-state index contributed by atoms with van der Waals surface area (Å²) < 4.78 is 10.6. The van der Waals surface area contributed by atoms with Gasteiger partial charge in [0.25, 0.3) is 0 Å². The van der Waals surface area contributed by atoms with E-state index in [1.54, 1.807) is 43.8 Å². The first-order valence-electron chi connectivity index (χ1n) is 6.43. The minimum absolute atomic E-state index is 0.460. The molecule has 0 spiro atoms. The molecule has 1 aromatic heterocycles. The Balaban J connectivity index is 2.27. The molecule has 112 valence electrons. The van der Waals surface area contributed by atoms with Crippen LogP contribution in [0, 0.1) is 0 Å². The first-order chi connectivity index (χ1) is 10.2. The van der Waals surface area contributed by atoms with Crippen LogP contribution in [0.5, 0.6) is 11.5 Å². The highest BCUT2D eigenvalue weighted by Crippen LogP contribution is 2.34. The summed E-state index contributed by atoms with van der Waals surface area (Å²) in [5, 5.41) is 5.15. The summed E-state index contributed by atoms with van der Waals surface area (Å²) in [7, 11) is 3.10. The molecule has 3 N–H and O–H groups in total. The highest BCUT2D eigenvalue weighted by atomic mass is 32.1. The third kappa shape index (κ3) is 3.53. The van der Waals surface area contributed by atoms with Gasteiger partial charge in [0.1, 0.15) is 6.04 Å². The van der Waals surface area contributed by atoms with Crippen LogP contribution in [0.3, 0.4) is 0 Å². The topological polar surface area (TPSA) is 73.6 Å². The lowest BCUT2D eigenvalue weighted by Crippen LogP contribution is -2.33. The van der Waals surface area contributed by atoms with Crippen LogP contribution in [0.4, 0.5) is 0 Å². The maximum atomic E-state index is 11.8. The number of para-hydroxylation sites is 1. The molecule has 1 amide bonds. The Morgan fingerprint density at radius 2 is 2.10 bits per heavy atom. The molecule has 0 saturated heterocycles. The summed E-state index contributed by atoms with van der Waals surface area (Å²) >= 11 is 1.62. The van der Waals surface area contributed by atoms with Crippen LogP contribution in [0.1, 0.15) is 16.5 Å². The lowest BCUT2D eigenvalue weighted by molar-refractivity contribution is -0.120. The van der Waals surface area contributed by atoms with Gasteiger partial charge in [0.05, 0.1) is 14.2 Å². The van der Waals surface area contributed by atoms with Crippen LogP contribution < -0.4 is 20.5 Å². The van der Waals surface area contributed by atoms with E-state index in [2.05, 4.69) is 5.32 Å². The van der Waals surface area contributed by atoms with E-state index >= 15 is 0 Å². The number of primary amides is 1. The molecule has 0 saturated carbocycles. The van der Waals surface area contributed by atoms with Crippen molar-refractivity contribution in [1.82, 2.24) is 5.32 Å². The summed E-state index contributed by atoms with van der Waals surface area (Å²) in [6.45, 7) is 0.561. The number of nitrogens with two attached hydrogens (primary N) is 1. The summed E-state index contributed by atoms with van der Waals surface area (Å²) in [6, 6.07) is 8.71. The van der Waals surface area contributed by atoms with Crippen molar-refractivity contribution >= 4 is 17.2 Å². The number of methoxy groups -OCH3 is 2. The average Bonchev–Trinajstić information content (AvgIpc) is 3.00. The van der Waals surface area contributed by atoms with Gasteiger partial charge in [-0.1, -0.05) is 18.2 Å². The number of carbonyl (C=O) groups is 1. The van der Waals surface area contributed by atoms with Crippen molar-refractivity contribution in [2.75, 3.05) is 14.2 Å². The van der Waals surface area contributed by atoms with Crippen molar-refractivity contribution in [1.29, 1.82) is 0 Å². The molecule has 0 aliphatic carbocycles. The predicted octanol–water partition coefficient (Wildman–Crippen LogP) is 2.08. The molecule has 6 heteroatoms. The standard InChI is InChI=1S/C15H18N2O3S/c1-19-12-7-3-6-11(14(12)20-2)13(15(16)18)17-9-10-5-4-8-21-10/h3-8,13,17H,9H2,1-2H3,(H2,16,18). The van der Waals surface area contributed by atoms with Crippen molar-refractivity contribution in [2.24, 2.45) is 5.73 Å². The number of rotatable bonds is 7. The molecule has 2 aromatic rings. The Labute approximate surface area is 127 Å². The quantitative estimate of drug-likeness (QED) is 0.821. The van der Waals surface area contributed by atoms with Crippen LogP contribution >= 0.6 is 11.3 Å². The molecule has 5 nitrogen and oxygen atoms in total. The molecule has 2 rings (SSSR count). The monoisotopic (exact) mass is 306 g/mol. The van der Waals surface area contributed by atoms with Gasteiger partial charge in [-0.05, 0) is 17.5 Å². The van der Waals surface area contributed by atoms with Crippen LogP contribution in [-0.4, -0.2) is 20.1 Å². The van der Waals surface area contributed by atoms with Crippen molar-refractivity contribution in [3.8, 4) is 11.5 Å². The van der Waals surface area contributed by atoms with Crippen molar-refractivity contribution in [2.45, 2.75) is 12.6 Å². The zero-order chi connectivity index (χ0) is 15.2. The molecule has 21 heavy (non-hydrogen) atoms. The molecular weight excluding hydrogens is 288 g/mol. The summed E-state index contributed by atoms with van der Waals surface area (Å²) in [6.07, 6.45) is 0. The van der Waals surface area contributed by atoms with Crippen molar-refractivity contribution in [3.63, 3.8) is 0 Å². The summed E-state index contributed by atoms with van der Waals surface area (Å²) in [4.78, 5) is 12.9. The van der Waals surface area contributed by atoms with E-state index in [1.807, 2.05) is 17.5 Å². The maximum Gasteiger partial charge on any atom is 0.239 e. The number of ether oxygens (including phenoxy) is 2. The second-order valence-corrected chi connectivity index (χ2v) is 5.41. The maximum absolute atomic E-state index is 11.8. The van der Waals surface area contributed by atoms with Crippen LogP contribution in [-0.2, 0) is 11.3 Å². The Morgan fingerprint density at radius 3 is 2.67 bits per heavy atom. The van der Waals surface area contributed by atoms with Gasteiger partial charge in [-0.25, -0.2) is 0 Å². The Hall–Kier alpha value is -2.05. The fraction of sp³-hybridized carbons (Fsp3) is 0.267. The van der Waals surface area contributed by atoms with Gasteiger partial charge < -0.3 is 15.2 Å². The Kier molecular flexibility index (Phi) is 5.19. The van der Waals surface area contributed by atoms with Gasteiger partial charge in [0.2, 0.25) is 5.91 Å². The summed E-state index contributed by atoms with van der Waals surface area (Å²) in [5.41, 5.74) is 6.20. The molecule has 0 bridgehead atoms. The molecular formula is C15H18N2O3S. The number of carbonyl (C=O) groups excluding carboxylic acids is 1. The third-order valence-corrected chi connectivity index (χ3v) is 3.97. The molecule has 1 atom stereocenters. The zero-order valence-electron chi connectivity index (χ0n) is 12.0. The lowest BCUT2D eigenvalue weighted by atomic mass is 10.0. The second kappa shape index (κ2) is 7.10. The van der Waals surface area contributed by atoms with Gasteiger partial charge in [-0.3, -0.25) is 10.1 Å². The fourth-order valence-electron chi connectivity index (χ4n) is 2.12. The van der Waals surface area contributed by atoms with E-state index in [0.29, 0.717) is 23.6 Å². The highest BCUT2D eigenvalue weighted by molar-refractivity contribution is 7.09. The van der Waals surface area contributed by atoms with Crippen molar-refractivity contribution < 1.29 is 14.3 Å². The van der Waals surface area contributed by atoms with E-state index < -0.39 is 11.9 Å². The van der Waals surface area contributed by atoms with Crippen molar-refractivity contribution in [3.05, 3.63) is 46.2 Å². The minimum atomic E-state index is -0.642. The lowest BCUT2D eigenvalue weighted by Gasteiger charge is -2.19. The van der Waals surface area contributed by atoms with E-state index in [1.165, 1.54) is 0 Å². The Bertz CT molecular complexity index is 599. The van der Waals surface area contributed by atoms with E-state index in [9.17, 15) is 4.79 Å². The summed E-state index contributed by atoms with van der Waals surface area (Å²) in [5.74, 6) is 0.625. The average molecular weight is 306 g/mol. The normalized spacial score (nSPS) is 11.9. The number of hydrogen-bond donors (Lipinski definition) is 2. The van der Waals surface area contributed by atoms with E-state index in [4.69, 9.17) is 15.2 Å². The van der Waals surface area contributed by atoms with E-state index in [-0.39, 0.29) is 0 Å². The van der Waals surface area contributed by atoms with Gasteiger partial charge in [-0.15, -0.1) is 11.3 Å². The molecule has 0 aliphatic heterocycles. The third-order valence-electron chi connectivity index (χ3n) is 3.09. The number of benzene rings is 1. The van der Waals surface area contributed by atoms with Gasteiger partial charge in [0.15, 0.2) is 11.5 Å². The smallest absolute Gasteiger partial charge is 0.239 e. The second-order valence-electron chi connectivity index (χ2n) is 4.38. The number of nitrogens with one attached hydrogen (secondary N) is 1. The molecule has 1 heterocycles. The van der Waals surface area contributed by atoms with E-state index in [0.717, 1.165) is 4.88 Å². The largest absolute Gasteiger partial charge is 0.493 e. The predicted molar refractivity (Wildman–Crippen MR) is 82.6 cm³/mol. The molecule has 0 fully saturated rings. The number of hydrogen-bond acceptors (Lipinski definition) is 5. The first-order valence-corrected chi connectivity index (χ1v) is 7.31. The van der Waals surface area contributed by atoms with Crippen LogP contribution in [0.15, 0.2) is 35.7 Å². The molecule has 0 radical (unpaired) electrons. The van der Waals surface area contributed by atoms with Gasteiger partial charge in [0, 0.05) is 17.0 Å². The van der Waals surface area contributed by atoms with Crippen LogP contribution in [0.25, 0.3) is 0 Å². The first kappa shape index (κ1) is 15.3. The highest BCUT2D eigenvalue weighted by Gasteiger charge is 2.23. The Morgan fingerprint density at radius 1 is 1.29 bits per heavy atom. The zero-order valence-corrected chi connectivity index (χ0v) is 12.8. The number of thiophene rings is 1. The van der Waals surface area contributed by atoms with Gasteiger partial charge in [-0.2, -0.15) is 0 Å². The SMILES string of the molecule is COc1cccc(C(NCc2cccs2)C(N)=O)c1OC. The molecule has 0 aliphatic rings. The fourth-order valence-corrected chi connectivity index (χ4v) is 2.77. The number of amides is 1. The van der Waals surface area contributed by atoms with Crippen LogP contribution in [0.2, 0.25) is 0 Å². The minimum Gasteiger partial charge on any atom is -0.493 e.